The summed E-state index contributed by atoms with van der Waals surface area (Å²) >= 11 is 4.92. The fourth-order valence-corrected chi connectivity index (χ4v) is 2.73. The van der Waals surface area contributed by atoms with Gasteiger partial charge in [-0.1, -0.05) is 25.2 Å². The van der Waals surface area contributed by atoms with E-state index < -0.39 is 0 Å². The minimum absolute atomic E-state index is 0.111. The van der Waals surface area contributed by atoms with Gasteiger partial charge in [-0.25, -0.2) is 4.39 Å². The van der Waals surface area contributed by atoms with E-state index in [0.717, 1.165) is 24.4 Å². The van der Waals surface area contributed by atoms with Gasteiger partial charge in [0, 0.05) is 11.7 Å². The molecule has 0 unspecified atom stereocenters. The molecule has 1 aliphatic rings. The molecule has 0 amide bonds. The maximum Gasteiger partial charge on any atom is 0.135 e. The molecule has 1 aromatic rings. The first-order valence-electron chi connectivity index (χ1n) is 6.42. The smallest absolute Gasteiger partial charge is 0.135 e. The standard InChI is InChI=1S/C14H19FN2S/c1-9-5-7-10(8-6-9)17-12-4-2-3-11(15)13(12)14(16)18/h2-4,9-10,17H,5-8H2,1H3,(H2,16,18). The van der Waals surface area contributed by atoms with Crippen LogP contribution >= 0.6 is 12.2 Å². The van der Waals surface area contributed by atoms with Gasteiger partial charge in [0.25, 0.3) is 0 Å². The predicted molar refractivity (Wildman–Crippen MR) is 77.3 cm³/mol. The topological polar surface area (TPSA) is 38.0 Å². The largest absolute Gasteiger partial charge is 0.389 e. The van der Waals surface area contributed by atoms with Crippen molar-refractivity contribution < 1.29 is 4.39 Å². The van der Waals surface area contributed by atoms with Gasteiger partial charge in [-0.3, -0.25) is 0 Å². The lowest BCUT2D eigenvalue weighted by Crippen LogP contribution is -2.27. The van der Waals surface area contributed by atoms with E-state index in [4.69, 9.17) is 18.0 Å². The zero-order valence-electron chi connectivity index (χ0n) is 10.6. The van der Waals surface area contributed by atoms with E-state index >= 15 is 0 Å². The van der Waals surface area contributed by atoms with Gasteiger partial charge < -0.3 is 11.1 Å². The van der Waals surface area contributed by atoms with Gasteiger partial charge in [0.15, 0.2) is 0 Å². The molecule has 2 nitrogen and oxygen atoms in total. The summed E-state index contributed by atoms with van der Waals surface area (Å²) in [7, 11) is 0. The van der Waals surface area contributed by atoms with Crippen molar-refractivity contribution >= 4 is 22.9 Å². The van der Waals surface area contributed by atoms with Crippen LogP contribution in [0.2, 0.25) is 0 Å². The molecule has 0 aromatic heterocycles. The number of halogens is 1. The molecule has 0 saturated heterocycles. The molecular formula is C14H19FN2S. The van der Waals surface area contributed by atoms with E-state index in [2.05, 4.69) is 12.2 Å². The predicted octanol–water partition coefficient (Wildman–Crippen LogP) is 3.45. The van der Waals surface area contributed by atoms with Crippen molar-refractivity contribution in [2.24, 2.45) is 11.7 Å². The number of benzene rings is 1. The second kappa shape index (κ2) is 5.65. The summed E-state index contributed by atoms with van der Waals surface area (Å²) in [6.45, 7) is 2.28. The van der Waals surface area contributed by atoms with Crippen LogP contribution in [0.4, 0.5) is 10.1 Å². The van der Waals surface area contributed by atoms with Gasteiger partial charge in [0.1, 0.15) is 10.8 Å². The Hall–Kier alpha value is -1.16. The molecular weight excluding hydrogens is 247 g/mol. The van der Waals surface area contributed by atoms with E-state index in [9.17, 15) is 4.39 Å². The molecule has 0 bridgehead atoms. The van der Waals surface area contributed by atoms with Gasteiger partial charge in [0.05, 0.1) is 5.56 Å². The van der Waals surface area contributed by atoms with E-state index in [-0.39, 0.29) is 10.8 Å². The van der Waals surface area contributed by atoms with Crippen molar-refractivity contribution in [2.45, 2.75) is 38.6 Å². The first-order valence-corrected chi connectivity index (χ1v) is 6.83. The van der Waals surface area contributed by atoms with E-state index in [1.165, 1.54) is 18.9 Å². The Bertz CT molecular complexity index is 439. The van der Waals surface area contributed by atoms with E-state index in [0.29, 0.717) is 11.6 Å². The molecule has 0 atom stereocenters. The molecule has 18 heavy (non-hydrogen) atoms. The van der Waals surface area contributed by atoms with Gasteiger partial charge in [-0.2, -0.15) is 0 Å². The second-order valence-electron chi connectivity index (χ2n) is 5.13. The van der Waals surface area contributed by atoms with Crippen molar-refractivity contribution in [3.8, 4) is 0 Å². The first-order chi connectivity index (χ1) is 8.58. The van der Waals surface area contributed by atoms with Crippen LogP contribution in [0.3, 0.4) is 0 Å². The second-order valence-corrected chi connectivity index (χ2v) is 5.57. The van der Waals surface area contributed by atoms with Crippen LogP contribution in [-0.4, -0.2) is 11.0 Å². The molecule has 98 valence electrons. The average molecular weight is 266 g/mol. The third-order valence-corrected chi connectivity index (χ3v) is 3.84. The van der Waals surface area contributed by atoms with Crippen molar-refractivity contribution in [3.63, 3.8) is 0 Å². The highest BCUT2D eigenvalue weighted by Crippen LogP contribution is 2.28. The molecule has 0 spiro atoms. The van der Waals surface area contributed by atoms with Crippen molar-refractivity contribution in [3.05, 3.63) is 29.6 Å². The number of thiocarbonyl (C=S) groups is 1. The normalized spacial score (nSPS) is 23.7. The minimum atomic E-state index is -0.350. The van der Waals surface area contributed by atoms with Gasteiger partial charge >= 0.3 is 0 Å². The summed E-state index contributed by atoms with van der Waals surface area (Å²) in [5.74, 6) is 0.447. The zero-order valence-corrected chi connectivity index (χ0v) is 11.4. The third kappa shape index (κ3) is 2.99. The Balaban J connectivity index is 2.14. The summed E-state index contributed by atoms with van der Waals surface area (Å²) in [5, 5.41) is 3.38. The number of nitrogens with one attached hydrogen (secondary N) is 1. The minimum Gasteiger partial charge on any atom is -0.389 e. The van der Waals surface area contributed by atoms with Gasteiger partial charge in [-0.15, -0.1) is 0 Å². The number of anilines is 1. The average Bonchev–Trinajstić information content (AvgIpc) is 2.32. The fraction of sp³-hybridized carbons (Fsp3) is 0.500. The number of hydrogen-bond donors (Lipinski definition) is 2. The Morgan fingerprint density at radius 2 is 2.00 bits per heavy atom. The highest BCUT2D eigenvalue weighted by Gasteiger charge is 2.20. The fourth-order valence-electron chi connectivity index (χ4n) is 2.52. The maximum absolute atomic E-state index is 13.7. The third-order valence-electron chi connectivity index (χ3n) is 3.64. The summed E-state index contributed by atoms with van der Waals surface area (Å²) in [6, 6.07) is 5.32. The first kappa shape index (κ1) is 13.3. The number of rotatable bonds is 3. The molecule has 0 radical (unpaired) electrons. The molecule has 1 fully saturated rings. The lowest BCUT2D eigenvalue weighted by molar-refractivity contribution is 0.361. The zero-order chi connectivity index (χ0) is 13.1. The van der Waals surface area contributed by atoms with Crippen LogP contribution in [0.5, 0.6) is 0 Å². The molecule has 0 heterocycles. The van der Waals surface area contributed by atoms with Crippen LogP contribution in [0, 0.1) is 11.7 Å². The summed E-state index contributed by atoms with van der Waals surface area (Å²) in [6.07, 6.45) is 4.67. The van der Waals surface area contributed by atoms with E-state index in [1.54, 1.807) is 6.07 Å². The van der Waals surface area contributed by atoms with Gasteiger partial charge in [0.2, 0.25) is 0 Å². The number of hydrogen-bond acceptors (Lipinski definition) is 2. The Morgan fingerprint density at radius 3 is 2.61 bits per heavy atom. The quantitative estimate of drug-likeness (QED) is 0.823. The molecule has 4 heteroatoms. The monoisotopic (exact) mass is 266 g/mol. The lowest BCUT2D eigenvalue weighted by Gasteiger charge is -2.28. The summed E-state index contributed by atoms with van der Waals surface area (Å²) < 4.78 is 13.7. The number of nitrogens with two attached hydrogens (primary N) is 1. The Kier molecular flexibility index (Phi) is 4.17. The molecule has 1 aliphatic carbocycles. The van der Waals surface area contributed by atoms with Crippen molar-refractivity contribution in [2.75, 3.05) is 5.32 Å². The SMILES string of the molecule is CC1CCC(Nc2cccc(F)c2C(N)=S)CC1. The van der Waals surface area contributed by atoms with Crippen LogP contribution < -0.4 is 11.1 Å². The Morgan fingerprint density at radius 1 is 1.33 bits per heavy atom. The van der Waals surface area contributed by atoms with Crippen LogP contribution in [-0.2, 0) is 0 Å². The lowest BCUT2D eigenvalue weighted by atomic mass is 9.87. The maximum atomic E-state index is 13.7. The summed E-state index contributed by atoms with van der Waals surface area (Å²) in [4.78, 5) is 0.111. The molecule has 2 rings (SSSR count). The molecule has 0 aliphatic heterocycles. The summed E-state index contributed by atoms with van der Waals surface area (Å²) in [5.41, 5.74) is 6.66. The van der Waals surface area contributed by atoms with Crippen LogP contribution in [0.1, 0.15) is 38.2 Å². The van der Waals surface area contributed by atoms with Crippen LogP contribution in [0.25, 0.3) is 0 Å². The molecule has 1 aromatic carbocycles. The molecule has 3 N–H and O–H groups in total. The molecule has 1 saturated carbocycles. The van der Waals surface area contributed by atoms with Crippen LogP contribution in [0.15, 0.2) is 18.2 Å². The highest BCUT2D eigenvalue weighted by molar-refractivity contribution is 7.80. The van der Waals surface area contributed by atoms with Gasteiger partial charge in [-0.05, 0) is 43.7 Å². The Labute approximate surface area is 113 Å². The van der Waals surface area contributed by atoms with E-state index in [1.807, 2.05) is 6.07 Å². The van der Waals surface area contributed by atoms with Crippen molar-refractivity contribution in [1.82, 2.24) is 0 Å². The van der Waals surface area contributed by atoms with Crippen molar-refractivity contribution in [1.29, 1.82) is 0 Å². The highest BCUT2D eigenvalue weighted by atomic mass is 32.1.